The van der Waals surface area contributed by atoms with Gasteiger partial charge in [0, 0.05) is 41.5 Å². The molecule has 104 valence electrons. The molecule has 1 unspecified atom stereocenters. The minimum atomic E-state index is 0.413. The van der Waals surface area contributed by atoms with Crippen LogP contribution in [0.15, 0.2) is 24.7 Å². The van der Waals surface area contributed by atoms with Gasteiger partial charge in [-0.15, -0.1) is 0 Å². The zero-order valence-electron chi connectivity index (χ0n) is 12.1. The first-order valence-electron chi connectivity index (χ1n) is 7.29. The molecule has 1 N–H and O–H groups in total. The van der Waals surface area contributed by atoms with E-state index in [1.807, 2.05) is 25.4 Å². The molecule has 0 radical (unpaired) electrons. The highest BCUT2D eigenvalue weighted by molar-refractivity contribution is 5.59. The molecular weight excluding hydrogens is 248 g/mol. The summed E-state index contributed by atoms with van der Waals surface area (Å²) in [4.78, 5) is 13.5. The molecule has 2 heterocycles. The lowest BCUT2D eigenvalue weighted by atomic mass is 9.92. The lowest BCUT2D eigenvalue weighted by molar-refractivity contribution is 0.464. The maximum absolute atomic E-state index is 4.80. The van der Waals surface area contributed by atoms with E-state index in [1.54, 1.807) is 6.20 Å². The molecule has 1 aliphatic rings. The first kappa shape index (κ1) is 13.2. The van der Waals surface area contributed by atoms with Crippen molar-refractivity contribution in [1.29, 1.82) is 0 Å². The van der Waals surface area contributed by atoms with Gasteiger partial charge in [0.15, 0.2) is 5.82 Å². The van der Waals surface area contributed by atoms with Gasteiger partial charge in [-0.2, -0.15) is 0 Å². The van der Waals surface area contributed by atoms with E-state index in [4.69, 9.17) is 4.98 Å². The summed E-state index contributed by atoms with van der Waals surface area (Å²) in [7, 11) is 0. The van der Waals surface area contributed by atoms with Crippen molar-refractivity contribution < 1.29 is 0 Å². The highest BCUT2D eigenvalue weighted by Crippen LogP contribution is 2.29. The van der Waals surface area contributed by atoms with Crippen LogP contribution in [0.4, 0.5) is 0 Å². The van der Waals surface area contributed by atoms with Gasteiger partial charge in [0.1, 0.15) is 0 Å². The Morgan fingerprint density at radius 3 is 3.05 bits per heavy atom. The smallest absolute Gasteiger partial charge is 0.159 e. The third kappa shape index (κ3) is 2.43. The largest absolute Gasteiger partial charge is 0.310 e. The predicted octanol–water partition coefficient (Wildman–Crippen LogP) is 2.83. The number of fused-ring (bicyclic) bond motifs is 1. The molecule has 1 aliphatic carbocycles. The topological polar surface area (TPSA) is 50.7 Å². The molecule has 20 heavy (non-hydrogen) atoms. The Labute approximate surface area is 119 Å². The van der Waals surface area contributed by atoms with Gasteiger partial charge >= 0.3 is 0 Å². The number of aromatic nitrogens is 3. The third-order valence-corrected chi connectivity index (χ3v) is 3.89. The molecule has 0 amide bonds. The maximum atomic E-state index is 4.80. The van der Waals surface area contributed by atoms with Crippen molar-refractivity contribution in [3.63, 3.8) is 0 Å². The summed E-state index contributed by atoms with van der Waals surface area (Å²) in [5, 5.41) is 3.52. The normalized spacial score (nSPS) is 17.8. The van der Waals surface area contributed by atoms with E-state index in [0.717, 1.165) is 29.9 Å². The average Bonchev–Trinajstić information content (AvgIpc) is 2.48. The number of aryl methyl sites for hydroxylation is 2. The Kier molecular flexibility index (Phi) is 3.74. The summed E-state index contributed by atoms with van der Waals surface area (Å²) in [6.45, 7) is 5.17. The third-order valence-electron chi connectivity index (χ3n) is 3.89. The first-order chi connectivity index (χ1) is 9.79. The quantitative estimate of drug-likeness (QED) is 0.930. The summed E-state index contributed by atoms with van der Waals surface area (Å²) < 4.78 is 0. The summed E-state index contributed by atoms with van der Waals surface area (Å²) in [5.41, 5.74) is 4.66. The summed E-state index contributed by atoms with van der Waals surface area (Å²) in [5.74, 6) is 0.820. The van der Waals surface area contributed by atoms with E-state index in [0.29, 0.717) is 6.04 Å². The molecule has 0 saturated carbocycles. The fourth-order valence-electron chi connectivity index (χ4n) is 2.86. The summed E-state index contributed by atoms with van der Waals surface area (Å²) >= 11 is 0. The Morgan fingerprint density at radius 2 is 2.25 bits per heavy atom. The van der Waals surface area contributed by atoms with Crippen LogP contribution in [0.1, 0.15) is 42.6 Å². The van der Waals surface area contributed by atoms with E-state index >= 15 is 0 Å². The number of rotatable bonds is 3. The lowest BCUT2D eigenvalue weighted by Gasteiger charge is -2.25. The van der Waals surface area contributed by atoms with Crippen LogP contribution in [0.5, 0.6) is 0 Å². The zero-order chi connectivity index (χ0) is 13.9. The maximum Gasteiger partial charge on any atom is 0.159 e. The molecule has 0 bridgehead atoms. The van der Waals surface area contributed by atoms with Crippen LogP contribution >= 0.6 is 0 Å². The van der Waals surface area contributed by atoms with E-state index < -0.39 is 0 Å². The number of pyridine rings is 1. The second-order valence-corrected chi connectivity index (χ2v) is 5.29. The van der Waals surface area contributed by atoms with Crippen LogP contribution in [-0.4, -0.2) is 21.5 Å². The van der Waals surface area contributed by atoms with Crippen molar-refractivity contribution in [1.82, 2.24) is 20.3 Å². The molecule has 0 spiro atoms. The second-order valence-electron chi connectivity index (χ2n) is 5.29. The van der Waals surface area contributed by atoms with Gasteiger partial charge in [0.2, 0.25) is 0 Å². The Balaban J connectivity index is 1.99. The van der Waals surface area contributed by atoms with E-state index in [-0.39, 0.29) is 0 Å². The van der Waals surface area contributed by atoms with Crippen LogP contribution in [-0.2, 0) is 6.42 Å². The molecule has 2 aromatic rings. The van der Waals surface area contributed by atoms with Crippen LogP contribution in [0, 0.1) is 6.92 Å². The van der Waals surface area contributed by atoms with Crippen molar-refractivity contribution >= 4 is 0 Å². The number of nitrogens with zero attached hydrogens (tertiary/aromatic N) is 3. The molecule has 4 heteroatoms. The second kappa shape index (κ2) is 5.67. The van der Waals surface area contributed by atoms with Gasteiger partial charge in [-0.25, -0.2) is 9.97 Å². The number of hydrogen-bond donors (Lipinski definition) is 1. The molecule has 0 aliphatic heterocycles. The van der Waals surface area contributed by atoms with E-state index in [9.17, 15) is 0 Å². The van der Waals surface area contributed by atoms with Crippen LogP contribution < -0.4 is 5.32 Å². The van der Waals surface area contributed by atoms with Crippen LogP contribution in [0.25, 0.3) is 11.4 Å². The van der Waals surface area contributed by atoms with Gasteiger partial charge in [-0.1, -0.05) is 6.92 Å². The Hall–Kier alpha value is -1.81. The molecular formula is C16H20N4. The predicted molar refractivity (Wildman–Crippen MR) is 79.4 cm³/mol. The fraction of sp³-hybridized carbons (Fsp3) is 0.438. The number of nitrogens with one attached hydrogen (secondary N) is 1. The first-order valence-corrected chi connectivity index (χ1v) is 7.29. The molecule has 2 aromatic heterocycles. The minimum Gasteiger partial charge on any atom is -0.310 e. The molecule has 4 nitrogen and oxygen atoms in total. The van der Waals surface area contributed by atoms with Gasteiger partial charge in [0.05, 0.1) is 0 Å². The van der Waals surface area contributed by atoms with Crippen molar-refractivity contribution in [3.05, 3.63) is 41.5 Å². The average molecular weight is 268 g/mol. The number of hydrogen-bond acceptors (Lipinski definition) is 4. The van der Waals surface area contributed by atoms with E-state index in [2.05, 4.69) is 22.2 Å². The zero-order valence-corrected chi connectivity index (χ0v) is 12.1. The highest BCUT2D eigenvalue weighted by atomic mass is 14.9. The monoisotopic (exact) mass is 268 g/mol. The molecule has 0 saturated heterocycles. The van der Waals surface area contributed by atoms with Gasteiger partial charge in [0.25, 0.3) is 0 Å². The summed E-state index contributed by atoms with van der Waals surface area (Å²) in [6, 6.07) is 2.40. The minimum absolute atomic E-state index is 0.413. The standard InChI is InChI=1S/C16H20N4/c1-3-18-14-5-4-6-15-13(14)10-19-16(20-15)12-7-8-17-9-11(12)2/h7-10,14,18H,3-6H2,1-2H3. The van der Waals surface area contributed by atoms with Crippen molar-refractivity contribution in [2.75, 3.05) is 6.54 Å². The van der Waals surface area contributed by atoms with Crippen LogP contribution in [0.3, 0.4) is 0 Å². The van der Waals surface area contributed by atoms with Crippen molar-refractivity contribution in [2.24, 2.45) is 0 Å². The molecule has 0 aromatic carbocycles. The van der Waals surface area contributed by atoms with E-state index in [1.165, 1.54) is 24.1 Å². The Morgan fingerprint density at radius 1 is 1.35 bits per heavy atom. The molecule has 1 atom stereocenters. The van der Waals surface area contributed by atoms with Crippen molar-refractivity contribution in [2.45, 2.75) is 39.2 Å². The lowest BCUT2D eigenvalue weighted by Crippen LogP contribution is -2.25. The fourth-order valence-corrected chi connectivity index (χ4v) is 2.86. The van der Waals surface area contributed by atoms with Crippen LogP contribution in [0.2, 0.25) is 0 Å². The van der Waals surface area contributed by atoms with Gasteiger partial charge in [-0.3, -0.25) is 4.98 Å². The Bertz CT molecular complexity index is 609. The highest BCUT2D eigenvalue weighted by Gasteiger charge is 2.21. The SMILES string of the molecule is CCNC1CCCc2nc(-c3ccncc3C)ncc21. The van der Waals surface area contributed by atoms with Crippen molar-refractivity contribution in [3.8, 4) is 11.4 Å². The molecule has 0 fully saturated rings. The summed E-state index contributed by atoms with van der Waals surface area (Å²) in [6.07, 6.45) is 9.08. The van der Waals surface area contributed by atoms with Gasteiger partial charge < -0.3 is 5.32 Å². The molecule has 3 rings (SSSR count). The van der Waals surface area contributed by atoms with Gasteiger partial charge in [-0.05, 0) is 44.4 Å².